The second-order valence-corrected chi connectivity index (χ2v) is 4.22. The van der Waals surface area contributed by atoms with Crippen molar-refractivity contribution in [1.82, 2.24) is 10.2 Å². The molecule has 0 unspecified atom stereocenters. The van der Waals surface area contributed by atoms with Gasteiger partial charge >= 0.3 is 6.03 Å². The lowest BCUT2D eigenvalue weighted by atomic mass is 10.2. The Morgan fingerprint density at radius 2 is 2.06 bits per heavy atom. The molecule has 1 aromatic carbocycles. The zero-order chi connectivity index (χ0) is 12.8. The Bertz CT molecular complexity index is 408. The Morgan fingerprint density at radius 1 is 1.47 bits per heavy atom. The fourth-order valence-corrected chi connectivity index (χ4v) is 1.61. The smallest absolute Gasteiger partial charge is 0.323 e. The molecule has 17 heavy (non-hydrogen) atoms. The summed E-state index contributed by atoms with van der Waals surface area (Å²) in [7, 11) is 0. The van der Waals surface area contributed by atoms with Gasteiger partial charge in [-0.1, -0.05) is 23.7 Å². The van der Waals surface area contributed by atoms with Crippen LogP contribution in [0, 0.1) is 0 Å². The molecule has 0 heterocycles. The molecule has 0 atom stereocenters. The number of carbonyl (C=O) groups excluding carboxylic acids is 1. The number of amides is 2. The molecule has 0 saturated carbocycles. The van der Waals surface area contributed by atoms with E-state index in [0.717, 1.165) is 5.56 Å². The molecule has 1 aromatic rings. The van der Waals surface area contributed by atoms with Gasteiger partial charge in [0.1, 0.15) is 0 Å². The standard InChI is InChI=1S/C11H14ClN3OS/c1-2-15(10(13)17)11(16)14-7-8-3-5-9(12)6-4-8/h3-6H,2,7H2,1H3,(H2,13,17)(H,14,16). The van der Waals surface area contributed by atoms with E-state index in [-0.39, 0.29) is 11.1 Å². The number of benzene rings is 1. The Kier molecular flexibility index (Phi) is 5.18. The van der Waals surface area contributed by atoms with Crippen molar-refractivity contribution in [3.63, 3.8) is 0 Å². The fourth-order valence-electron chi connectivity index (χ4n) is 1.27. The summed E-state index contributed by atoms with van der Waals surface area (Å²) in [6.45, 7) is 2.66. The molecule has 0 fully saturated rings. The van der Waals surface area contributed by atoms with E-state index in [2.05, 4.69) is 5.32 Å². The normalized spacial score (nSPS) is 9.76. The number of thiocarbonyl (C=S) groups is 1. The number of urea groups is 1. The van der Waals surface area contributed by atoms with Crippen molar-refractivity contribution >= 4 is 35.0 Å². The molecule has 0 bridgehead atoms. The summed E-state index contributed by atoms with van der Waals surface area (Å²) < 4.78 is 0. The van der Waals surface area contributed by atoms with Gasteiger partial charge < -0.3 is 11.1 Å². The number of halogens is 1. The second-order valence-electron chi connectivity index (χ2n) is 3.37. The highest BCUT2D eigenvalue weighted by atomic mass is 35.5. The molecule has 4 nitrogen and oxygen atoms in total. The maximum atomic E-state index is 11.7. The topological polar surface area (TPSA) is 58.4 Å². The van der Waals surface area contributed by atoms with Crippen molar-refractivity contribution in [2.75, 3.05) is 6.54 Å². The van der Waals surface area contributed by atoms with Gasteiger partial charge in [0.15, 0.2) is 5.11 Å². The van der Waals surface area contributed by atoms with E-state index >= 15 is 0 Å². The third-order valence-electron chi connectivity index (χ3n) is 2.18. The molecule has 2 amide bonds. The summed E-state index contributed by atoms with van der Waals surface area (Å²) in [5, 5.41) is 3.46. The SMILES string of the molecule is CCN(C(=O)NCc1ccc(Cl)cc1)C(N)=S. The van der Waals surface area contributed by atoms with Crippen LogP contribution in [0.5, 0.6) is 0 Å². The Labute approximate surface area is 111 Å². The first-order chi connectivity index (χ1) is 8.04. The van der Waals surface area contributed by atoms with E-state index < -0.39 is 0 Å². The maximum absolute atomic E-state index is 11.7. The summed E-state index contributed by atoms with van der Waals surface area (Å²) in [5.41, 5.74) is 6.38. The molecule has 3 N–H and O–H groups in total. The summed E-state index contributed by atoms with van der Waals surface area (Å²) in [6.07, 6.45) is 0. The molecule has 6 heteroatoms. The lowest BCUT2D eigenvalue weighted by molar-refractivity contribution is 0.222. The van der Waals surface area contributed by atoms with Crippen LogP contribution < -0.4 is 11.1 Å². The third-order valence-corrected chi connectivity index (χ3v) is 2.66. The minimum atomic E-state index is -0.296. The van der Waals surface area contributed by atoms with Gasteiger partial charge in [0.25, 0.3) is 0 Å². The number of nitrogens with zero attached hydrogens (tertiary/aromatic N) is 1. The molecule has 0 saturated heterocycles. The molecule has 0 radical (unpaired) electrons. The predicted molar refractivity (Wildman–Crippen MR) is 72.9 cm³/mol. The second kappa shape index (κ2) is 6.42. The van der Waals surface area contributed by atoms with Gasteiger partial charge in [-0.25, -0.2) is 4.79 Å². The van der Waals surface area contributed by atoms with Crippen LogP contribution in [-0.2, 0) is 6.54 Å². The lowest BCUT2D eigenvalue weighted by Crippen LogP contribution is -2.45. The van der Waals surface area contributed by atoms with E-state index in [1.54, 1.807) is 19.1 Å². The number of nitrogens with one attached hydrogen (secondary N) is 1. The highest BCUT2D eigenvalue weighted by Gasteiger charge is 2.12. The molecule has 92 valence electrons. The van der Waals surface area contributed by atoms with E-state index in [1.807, 2.05) is 12.1 Å². The van der Waals surface area contributed by atoms with Gasteiger partial charge in [0.05, 0.1) is 0 Å². The zero-order valence-electron chi connectivity index (χ0n) is 9.44. The summed E-state index contributed by atoms with van der Waals surface area (Å²) in [4.78, 5) is 13.0. The van der Waals surface area contributed by atoms with Crippen LogP contribution >= 0.6 is 23.8 Å². The first-order valence-corrected chi connectivity index (χ1v) is 5.92. The number of rotatable bonds is 3. The van der Waals surface area contributed by atoms with Crippen molar-refractivity contribution in [1.29, 1.82) is 0 Å². The average Bonchev–Trinajstić information content (AvgIpc) is 2.28. The molecule has 0 spiro atoms. The average molecular weight is 272 g/mol. The minimum Gasteiger partial charge on any atom is -0.376 e. The molecule has 1 rings (SSSR count). The van der Waals surface area contributed by atoms with Crippen LogP contribution in [0.15, 0.2) is 24.3 Å². The van der Waals surface area contributed by atoms with Crippen molar-refractivity contribution in [3.05, 3.63) is 34.9 Å². The van der Waals surface area contributed by atoms with Gasteiger partial charge in [0.2, 0.25) is 0 Å². The number of hydrogen-bond acceptors (Lipinski definition) is 2. The van der Waals surface area contributed by atoms with Crippen molar-refractivity contribution in [2.24, 2.45) is 5.73 Å². The van der Waals surface area contributed by atoms with Crippen molar-refractivity contribution in [2.45, 2.75) is 13.5 Å². The fraction of sp³-hybridized carbons (Fsp3) is 0.273. The zero-order valence-corrected chi connectivity index (χ0v) is 11.0. The van der Waals surface area contributed by atoms with Crippen molar-refractivity contribution in [3.8, 4) is 0 Å². The largest absolute Gasteiger partial charge is 0.376 e. The minimum absolute atomic E-state index is 0.0705. The Morgan fingerprint density at radius 3 is 2.53 bits per heavy atom. The third kappa shape index (κ3) is 4.20. The van der Waals surface area contributed by atoms with E-state index in [9.17, 15) is 4.79 Å². The Balaban J connectivity index is 2.53. The van der Waals surface area contributed by atoms with Gasteiger partial charge in [0, 0.05) is 18.1 Å². The van der Waals surface area contributed by atoms with Crippen LogP contribution in [0.25, 0.3) is 0 Å². The lowest BCUT2D eigenvalue weighted by Gasteiger charge is -2.19. The first-order valence-electron chi connectivity index (χ1n) is 5.13. The molecule has 0 aliphatic heterocycles. The number of carbonyl (C=O) groups is 1. The monoisotopic (exact) mass is 271 g/mol. The van der Waals surface area contributed by atoms with Gasteiger partial charge in [-0.05, 0) is 36.8 Å². The van der Waals surface area contributed by atoms with Crippen LogP contribution in [0.3, 0.4) is 0 Å². The number of hydrogen-bond donors (Lipinski definition) is 2. The number of nitrogens with two attached hydrogens (primary N) is 1. The van der Waals surface area contributed by atoms with Crippen LogP contribution in [0.1, 0.15) is 12.5 Å². The van der Waals surface area contributed by atoms with Gasteiger partial charge in [-0.15, -0.1) is 0 Å². The first kappa shape index (κ1) is 13.7. The predicted octanol–water partition coefficient (Wildman–Crippen LogP) is 2.12. The van der Waals surface area contributed by atoms with E-state index in [4.69, 9.17) is 29.6 Å². The van der Waals surface area contributed by atoms with E-state index in [1.165, 1.54) is 4.90 Å². The molecular formula is C11H14ClN3OS. The van der Waals surface area contributed by atoms with Gasteiger partial charge in [-0.2, -0.15) is 0 Å². The summed E-state index contributed by atoms with van der Waals surface area (Å²) >= 11 is 10.5. The maximum Gasteiger partial charge on any atom is 0.323 e. The van der Waals surface area contributed by atoms with Gasteiger partial charge in [-0.3, -0.25) is 4.90 Å². The van der Waals surface area contributed by atoms with Crippen LogP contribution in [0.4, 0.5) is 4.79 Å². The highest BCUT2D eigenvalue weighted by molar-refractivity contribution is 7.80. The molecule has 0 aliphatic rings. The Hall–Kier alpha value is -1.33. The highest BCUT2D eigenvalue weighted by Crippen LogP contribution is 2.09. The summed E-state index contributed by atoms with van der Waals surface area (Å²) in [5.74, 6) is 0. The molecule has 0 aromatic heterocycles. The van der Waals surface area contributed by atoms with Crippen LogP contribution in [-0.4, -0.2) is 22.6 Å². The van der Waals surface area contributed by atoms with Crippen molar-refractivity contribution < 1.29 is 4.79 Å². The molecule has 0 aliphatic carbocycles. The van der Waals surface area contributed by atoms with E-state index in [0.29, 0.717) is 18.1 Å². The summed E-state index contributed by atoms with van der Waals surface area (Å²) in [6, 6.07) is 6.94. The quantitative estimate of drug-likeness (QED) is 0.828. The molecular weight excluding hydrogens is 258 g/mol. The van der Waals surface area contributed by atoms with Crippen LogP contribution in [0.2, 0.25) is 5.02 Å².